The molecule has 0 fully saturated rings. The van der Waals surface area contributed by atoms with Gasteiger partial charge in [0.2, 0.25) is 0 Å². The van der Waals surface area contributed by atoms with Crippen molar-refractivity contribution in [2.24, 2.45) is 0 Å². The van der Waals surface area contributed by atoms with Crippen LogP contribution in [0.2, 0.25) is 0 Å². The Morgan fingerprint density at radius 1 is 1.29 bits per heavy atom. The van der Waals surface area contributed by atoms with Gasteiger partial charge in [0.25, 0.3) is 5.69 Å². The average Bonchev–Trinajstić information content (AvgIpc) is 2.47. The largest absolute Gasteiger partial charge is 0.477 e. The predicted molar refractivity (Wildman–Crippen MR) is 72.8 cm³/mol. The third-order valence-corrected chi connectivity index (χ3v) is 2.79. The summed E-state index contributed by atoms with van der Waals surface area (Å²) in [6, 6.07) is 7.67. The minimum atomic E-state index is -1.35. The second-order valence-electron chi connectivity index (χ2n) is 4.23. The van der Waals surface area contributed by atoms with E-state index in [1.807, 2.05) is 6.07 Å². The van der Waals surface area contributed by atoms with Gasteiger partial charge in [0.15, 0.2) is 0 Å². The first kappa shape index (κ1) is 14.6. The summed E-state index contributed by atoms with van der Waals surface area (Å²) in [7, 11) is 0. The normalized spacial score (nSPS) is 10.3. The first-order chi connectivity index (χ1) is 10.1. The van der Waals surface area contributed by atoms with Crippen molar-refractivity contribution in [3.8, 4) is 0 Å². The highest BCUT2D eigenvalue weighted by Crippen LogP contribution is 2.23. The number of pyridine rings is 1. The Hall–Kier alpha value is -2.80. The van der Waals surface area contributed by atoms with E-state index in [2.05, 4.69) is 4.98 Å². The molecule has 0 aliphatic rings. The maximum atomic E-state index is 11.2. The molecule has 1 aromatic heterocycles. The number of rotatable bonds is 6. The van der Waals surface area contributed by atoms with Crippen molar-refractivity contribution in [2.45, 2.75) is 13.2 Å². The molecule has 2 aromatic rings. The van der Waals surface area contributed by atoms with E-state index in [0.717, 1.165) is 11.6 Å². The van der Waals surface area contributed by atoms with Crippen LogP contribution >= 0.6 is 0 Å². The van der Waals surface area contributed by atoms with E-state index >= 15 is 0 Å². The molecular formula is C14H12N2O5. The molecule has 0 unspecified atom stereocenters. The topological polar surface area (TPSA) is 103 Å². The zero-order valence-corrected chi connectivity index (χ0v) is 10.9. The first-order valence-corrected chi connectivity index (χ1v) is 6.06. The van der Waals surface area contributed by atoms with Crippen LogP contribution in [0.4, 0.5) is 5.69 Å². The third-order valence-electron chi connectivity index (χ3n) is 2.79. The molecule has 7 heteroatoms. The minimum Gasteiger partial charge on any atom is -0.477 e. The van der Waals surface area contributed by atoms with Crippen LogP contribution in [0.3, 0.4) is 0 Å². The number of benzene rings is 1. The van der Waals surface area contributed by atoms with Gasteiger partial charge < -0.3 is 9.84 Å². The molecule has 0 saturated carbocycles. The summed E-state index contributed by atoms with van der Waals surface area (Å²) in [5.41, 5.74) is 0.319. The van der Waals surface area contributed by atoms with Gasteiger partial charge in [-0.15, -0.1) is 0 Å². The number of nitrogens with zero attached hydrogens (tertiary/aromatic N) is 2. The van der Waals surface area contributed by atoms with Crippen molar-refractivity contribution < 1.29 is 19.6 Å². The van der Waals surface area contributed by atoms with Gasteiger partial charge in [0.1, 0.15) is 5.56 Å². The van der Waals surface area contributed by atoms with Gasteiger partial charge in [-0.1, -0.05) is 18.2 Å². The molecule has 7 nitrogen and oxygen atoms in total. The fraction of sp³-hybridized carbons (Fsp3) is 0.143. The average molecular weight is 288 g/mol. The molecule has 0 atom stereocenters. The Kier molecular flexibility index (Phi) is 4.57. The third kappa shape index (κ3) is 3.61. The molecule has 21 heavy (non-hydrogen) atoms. The smallest absolute Gasteiger partial charge is 0.343 e. The van der Waals surface area contributed by atoms with Crippen molar-refractivity contribution in [3.05, 3.63) is 69.5 Å². The molecule has 1 aromatic carbocycles. The molecule has 0 bridgehead atoms. The summed E-state index contributed by atoms with van der Waals surface area (Å²) < 4.78 is 5.41. The number of carboxylic acid groups (broad SMARTS) is 1. The fourth-order valence-electron chi connectivity index (χ4n) is 1.87. The van der Waals surface area contributed by atoms with Gasteiger partial charge in [-0.25, -0.2) is 4.79 Å². The minimum absolute atomic E-state index is 0.0296. The Balaban J connectivity index is 2.14. The number of aromatic nitrogens is 1. The van der Waals surface area contributed by atoms with Crippen molar-refractivity contribution in [1.29, 1.82) is 0 Å². The SMILES string of the molecule is O=C(O)c1c(COCc2cccnc2)cccc1[N+](=O)[O-]. The van der Waals surface area contributed by atoms with Gasteiger partial charge in [0, 0.05) is 18.5 Å². The number of hydrogen-bond donors (Lipinski definition) is 1. The molecule has 1 N–H and O–H groups in total. The van der Waals surface area contributed by atoms with Crippen LogP contribution in [-0.2, 0) is 18.0 Å². The van der Waals surface area contributed by atoms with Crippen molar-refractivity contribution in [3.63, 3.8) is 0 Å². The van der Waals surface area contributed by atoms with Crippen molar-refractivity contribution >= 4 is 11.7 Å². The Labute approximate surface area is 120 Å². The highest BCUT2D eigenvalue weighted by molar-refractivity contribution is 5.94. The molecule has 0 radical (unpaired) electrons. The lowest BCUT2D eigenvalue weighted by Gasteiger charge is -2.07. The molecule has 0 spiro atoms. The quantitative estimate of drug-likeness (QED) is 0.646. The summed E-state index contributed by atoms with van der Waals surface area (Å²) in [6.45, 7) is 0.216. The number of nitro benzene ring substituents is 1. The Bertz CT molecular complexity index is 658. The molecule has 1 heterocycles. The highest BCUT2D eigenvalue weighted by Gasteiger charge is 2.23. The Morgan fingerprint density at radius 2 is 2.10 bits per heavy atom. The fourth-order valence-corrected chi connectivity index (χ4v) is 1.87. The number of carboxylic acids is 1. The predicted octanol–water partition coefficient (Wildman–Crippen LogP) is 2.40. The summed E-state index contributed by atoms with van der Waals surface area (Å²) >= 11 is 0. The number of aromatic carboxylic acids is 1. The maximum Gasteiger partial charge on any atom is 0.343 e. The molecule has 2 rings (SSSR count). The lowest BCUT2D eigenvalue weighted by molar-refractivity contribution is -0.385. The van der Waals surface area contributed by atoms with Crippen LogP contribution in [0.1, 0.15) is 21.5 Å². The number of carbonyl (C=O) groups is 1. The van der Waals surface area contributed by atoms with Gasteiger partial charge in [-0.3, -0.25) is 15.1 Å². The number of ether oxygens (including phenoxy) is 1. The zero-order valence-electron chi connectivity index (χ0n) is 10.9. The molecule has 0 amide bonds. The van der Waals surface area contributed by atoms with Gasteiger partial charge in [-0.05, 0) is 17.2 Å². The highest BCUT2D eigenvalue weighted by atomic mass is 16.6. The lowest BCUT2D eigenvalue weighted by atomic mass is 10.1. The van der Waals surface area contributed by atoms with E-state index < -0.39 is 16.6 Å². The zero-order chi connectivity index (χ0) is 15.2. The summed E-state index contributed by atoms with van der Waals surface area (Å²) in [5.74, 6) is -1.35. The second-order valence-corrected chi connectivity index (χ2v) is 4.23. The van der Waals surface area contributed by atoms with E-state index in [-0.39, 0.29) is 24.3 Å². The molecule has 108 valence electrons. The molecular weight excluding hydrogens is 276 g/mol. The number of hydrogen-bond acceptors (Lipinski definition) is 5. The van der Waals surface area contributed by atoms with Crippen molar-refractivity contribution in [1.82, 2.24) is 4.98 Å². The summed E-state index contributed by atoms with van der Waals surface area (Å²) in [6.07, 6.45) is 3.26. The van der Waals surface area contributed by atoms with E-state index in [0.29, 0.717) is 0 Å². The van der Waals surface area contributed by atoms with E-state index in [9.17, 15) is 14.9 Å². The van der Waals surface area contributed by atoms with Gasteiger partial charge in [-0.2, -0.15) is 0 Å². The van der Waals surface area contributed by atoms with Crippen LogP contribution in [0.15, 0.2) is 42.7 Å². The van der Waals surface area contributed by atoms with Crippen LogP contribution in [0, 0.1) is 10.1 Å². The molecule has 0 saturated heterocycles. The summed E-state index contributed by atoms with van der Waals surface area (Å²) in [4.78, 5) is 25.3. The van der Waals surface area contributed by atoms with E-state index in [4.69, 9.17) is 9.84 Å². The van der Waals surface area contributed by atoms with E-state index in [1.54, 1.807) is 18.5 Å². The van der Waals surface area contributed by atoms with Gasteiger partial charge >= 0.3 is 5.97 Å². The maximum absolute atomic E-state index is 11.2. The summed E-state index contributed by atoms with van der Waals surface area (Å²) in [5, 5.41) is 20.0. The molecule has 0 aliphatic carbocycles. The van der Waals surface area contributed by atoms with Crippen LogP contribution < -0.4 is 0 Å². The first-order valence-electron chi connectivity index (χ1n) is 6.06. The Morgan fingerprint density at radius 3 is 2.71 bits per heavy atom. The lowest BCUT2D eigenvalue weighted by Crippen LogP contribution is -2.08. The van der Waals surface area contributed by atoms with E-state index in [1.165, 1.54) is 12.1 Å². The van der Waals surface area contributed by atoms with Crippen LogP contribution in [0.5, 0.6) is 0 Å². The number of nitro groups is 1. The van der Waals surface area contributed by atoms with Gasteiger partial charge in [0.05, 0.1) is 18.1 Å². The van der Waals surface area contributed by atoms with Crippen LogP contribution in [-0.4, -0.2) is 21.0 Å². The molecule has 0 aliphatic heterocycles. The van der Waals surface area contributed by atoms with Crippen molar-refractivity contribution in [2.75, 3.05) is 0 Å². The monoisotopic (exact) mass is 288 g/mol. The van der Waals surface area contributed by atoms with Crippen LogP contribution in [0.25, 0.3) is 0 Å². The second kappa shape index (κ2) is 6.58. The standard InChI is InChI=1S/C14H12N2O5/c17-14(18)13-11(4-1-5-12(13)16(19)20)9-21-8-10-3-2-6-15-7-10/h1-7H,8-9H2,(H,17,18).